The molecule has 0 saturated carbocycles. The van der Waals surface area contributed by atoms with Crippen molar-refractivity contribution in [1.29, 1.82) is 10.5 Å². The van der Waals surface area contributed by atoms with Crippen molar-refractivity contribution in [2.75, 3.05) is 0 Å². The Balaban J connectivity index is 2.53. The topological polar surface area (TPSA) is 56.3 Å². The summed E-state index contributed by atoms with van der Waals surface area (Å²) in [4.78, 5) is 6.78. The Kier molecular flexibility index (Phi) is 4.58. The van der Waals surface area contributed by atoms with Crippen molar-refractivity contribution < 1.29 is 8.78 Å². The summed E-state index contributed by atoms with van der Waals surface area (Å²) in [5.74, 6) is -1.80. The van der Waals surface area contributed by atoms with Crippen LogP contribution in [0.5, 0.6) is 0 Å². The normalized spacial score (nSPS) is 9.30. The van der Waals surface area contributed by atoms with E-state index in [0.717, 1.165) is 11.8 Å². The van der Waals surface area contributed by atoms with E-state index >= 15 is 0 Å². The SMILES string of the molecule is [C-]#[N+]c1cc(Sc2cc(C#N)c(F)c([N+]#[C-])c2)cc(C#N)c1F. The average Bonchev–Trinajstić information content (AvgIpc) is 2.57. The van der Waals surface area contributed by atoms with Crippen molar-refractivity contribution in [3.05, 3.63) is 69.9 Å². The van der Waals surface area contributed by atoms with Gasteiger partial charge in [-0.1, -0.05) is 11.8 Å². The van der Waals surface area contributed by atoms with Gasteiger partial charge in [0.25, 0.3) is 0 Å². The van der Waals surface area contributed by atoms with Crippen molar-refractivity contribution in [2.45, 2.75) is 9.79 Å². The van der Waals surface area contributed by atoms with Crippen molar-refractivity contribution in [2.24, 2.45) is 0 Å². The molecular formula is C16H4F2N4S. The molecule has 0 radical (unpaired) electrons. The number of nitrogens with zero attached hydrogens (tertiary/aromatic N) is 4. The number of benzene rings is 2. The van der Waals surface area contributed by atoms with Gasteiger partial charge in [0.05, 0.1) is 24.3 Å². The molecule has 0 atom stereocenters. The molecule has 2 aromatic carbocycles. The minimum atomic E-state index is -0.898. The molecule has 0 fully saturated rings. The zero-order valence-corrected chi connectivity index (χ0v) is 12.1. The van der Waals surface area contributed by atoms with Gasteiger partial charge < -0.3 is 0 Å². The van der Waals surface area contributed by atoms with E-state index in [4.69, 9.17) is 23.7 Å². The molecule has 108 valence electrons. The van der Waals surface area contributed by atoms with Crippen LogP contribution < -0.4 is 0 Å². The van der Waals surface area contributed by atoms with Crippen molar-refractivity contribution in [3.8, 4) is 12.1 Å². The quantitative estimate of drug-likeness (QED) is 0.734. The highest BCUT2D eigenvalue weighted by Gasteiger charge is 2.14. The van der Waals surface area contributed by atoms with Crippen LogP contribution in [0.1, 0.15) is 11.1 Å². The summed E-state index contributed by atoms with van der Waals surface area (Å²) in [6.07, 6.45) is 0. The van der Waals surface area contributed by atoms with E-state index in [1.54, 1.807) is 12.1 Å². The smallest absolute Gasteiger partial charge is 0.224 e. The summed E-state index contributed by atoms with van der Waals surface area (Å²) in [6.45, 7) is 13.8. The molecule has 2 aromatic rings. The highest BCUT2D eigenvalue weighted by Crippen LogP contribution is 2.36. The Morgan fingerprint density at radius 1 is 0.826 bits per heavy atom. The van der Waals surface area contributed by atoms with E-state index in [0.29, 0.717) is 9.79 Å². The van der Waals surface area contributed by atoms with Crippen molar-refractivity contribution in [3.63, 3.8) is 0 Å². The maximum absolute atomic E-state index is 13.7. The standard InChI is InChI=1S/C16H4F2N4S/c1-21-13-5-11(3-9(7-19)15(13)17)23-12-4-10(8-20)16(18)14(6-12)22-2/h3-6H. The van der Waals surface area contributed by atoms with E-state index < -0.39 is 11.6 Å². The molecule has 0 amide bonds. The third-order valence-electron chi connectivity index (χ3n) is 2.77. The summed E-state index contributed by atoms with van der Waals surface area (Å²) < 4.78 is 27.4. The molecule has 0 saturated heterocycles. The lowest BCUT2D eigenvalue weighted by atomic mass is 10.2. The molecule has 0 spiro atoms. The van der Waals surface area contributed by atoms with Crippen LogP contribution in [0.4, 0.5) is 20.2 Å². The van der Waals surface area contributed by atoms with Gasteiger partial charge in [0, 0.05) is 9.79 Å². The molecule has 0 aliphatic heterocycles. The fraction of sp³-hybridized carbons (Fsp3) is 0. The Bertz CT molecular complexity index is 822. The van der Waals surface area contributed by atoms with E-state index in [-0.39, 0.29) is 22.5 Å². The van der Waals surface area contributed by atoms with Gasteiger partial charge in [0.2, 0.25) is 11.4 Å². The minimum absolute atomic E-state index is 0.283. The summed E-state index contributed by atoms with van der Waals surface area (Å²) >= 11 is 1.00. The number of hydrogen-bond donors (Lipinski definition) is 0. The van der Waals surface area contributed by atoms with Crippen molar-refractivity contribution >= 4 is 23.1 Å². The molecule has 0 aliphatic rings. The second-order valence-corrected chi connectivity index (χ2v) is 5.30. The van der Waals surface area contributed by atoms with Crippen LogP contribution in [0.25, 0.3) is 9.69 Å². The minimum Gasteiger partial charge on any atom is -0.235 e. The molecule has 0 aliphatic carbocycles. The molecule has 7 heteroatoms. The van der Waals surface area contributed by atoms with E-state index in [1.165, 1.54) is 24.3 Å². The molecule has 0 aromatic heterocycles. The molecule has 4 nitrogen and oxygen atoms in total. The number of halogens is 2. The number of hydrogen-bond acceptors (Lipinski definition) is 3. The molecule has 0 bridgehead atoms. The Labute approximate surface area is 134 Å². The van der Waals surface area contributed by atoms with Crippen LogP contribution >= 0.6 is 11.8 Å². The molecule has 2 rings (SSSR count). The van der Waals surface area contributed by atoms with Crippen LogP contribution in [0, 0.1) is 47.4 Å². The fourth-order valence-electron chi connectivity index (χ4n) is 1.75. The average molecular weight is 322 g/mol. The lowest BCUT2D eigenvalue weighted by molar-refractivity contribution is 0.628. The zero-order chi connectivity index (χ0) is 17.0. The van der Waals surface area contributed by atoms with Crippen LogP contribution in [0.2, 0.25) is 0 Å². The molecule has 0 unspecified atom stereocenters. The largest absolute Gasteiger partial charge is 0.235 e. The summed E-state index contributed by atoms with van der Waals surface area (Å²) in [6, 6.07) is 8.32. The van der Waals surface area contributed by atoms with Crippen LogP contribution in [-0.2, 0) is 0 Å². The molecule has 0 N–H and O–H groups in total. The highest BCUT2D eigenvalue weighted by atomic mass is 32.2. The first-order chi connectivity index (χ1) is 11.0. The van der Waals surface area contributed by atoms with Gasteiger partial charge in [-0.05, 0) is 24.3 Å². The second kappa shape index (κ2) is 6.58. The van der Waals surface area contributed by atoms with Gasteiger partial charge in [0.1, 0.15) is 23.8 Å². The maximum Gasteiger partial charge on any atom is 0.224 e. The lowest BCUT2D eigenvalue weighted by Gasteiger charge is -2.06. The van der Waals surface area contributed by atoms with E-state index in [1.807, 2.05) is 0 Å². The monoisotopic (exact) mass is 322 g/mol. The van der Waals surface area contributed by atoms with Crippen LogP contribution in [0.15, 0.2) is 34.1 Å². The van der Waals surface area contributed by atoms with Gasteiger partial charge in [-0.3, -0.25) is 0 Å². The number of rotatable bonds is 2. The Hall–Kier alpha value is -3.39. The fourth-order valence-corrected chi connectivity index (χ4v) is 2.71. The molecule has 0 heterocycles. The molecule has 23 heavy (non-hydrogen) atoms. The summed E-state index contributed by atoms with van der Waals surface area (Å²) in [5.41, 5.74) is -1.18. The third-order valence-corrected chi connectivity index (χ3v) is 3.71. The predicted molar refractivity (Wildman–Crippen MR) is 78.9 cm³/mol. The summed E-state index contributed by atoms with van der Waals surface area (Å²) in [7, 11) is 0. The van der Waals surface area contributed by atoms with Crippen molar-refractivity contribution in [1.82, 2.24) is 0 Å². The lowest BCUT2D eigenvalue weighted by Crippen LogP contribution is -1.88. The summed E-state index contributed by atoms with van der Waals surface area (Å²) in [5, 5.41) is 17.8. The van der Waals surface area contributed by atoms with Crippen LogP contribution in [0.3, 0.4) is 0 Å². The van der Waals surface area contributed by atoms with Gasteiger partial charge in [-0.25, -0.2) is 18.5 Å². The second-order valence-electron chi connectivity index (χ2n) is 4.16. The maximum atomic E-state index is 13.7. The first-order valence-corrected chi connectivity index (χ1v) is 6.75. The first kappa shape index (κ1) is 16.0. The molecular weight excluding hydrogens is 318 g/mol. The van der Waals surface area contributed by atoms with Gasteiger partial charge in [0.15, 0.2) is 0 Å². The van der Waals surface area contributed by atoms with E-state index in [9.17, 15) is 8.78 Å². The predicted octanol–water partition coefficient (Wildman–Crippen LogP) is 4.96. The Morgan fingerprint density at radius 2 is 1.22 bits per heavy atom. The van der Waals surface area contributed by atoms with Gasteiger partial charge in [-0.15, -0.1) is 0 Å². The number of nitriles is 2. The van der Waals surface area contributed by atoms with Crippen LogP contribution in [-0.4, -0.2) is 0 Å². The Morgan fingerprint density at radius 3 is 1.52 bits per heavy atom. The third kappa shape index (κ3) is 3.11. The highest BCUT2D eigenvalue weighted by molar-refractivity contribution is 7.99. The van der Waals surface area contributed by atoms with E-state index in [2.05, 4.69) is 9.69 Å². The van der Waals surface area contributed by atoms with Gasteiger partial charge in [-0.2, -0.15) is 10.5 Å². The first-order valence-electron chi connectivity index (χ1n) is 5.94. The zero-order valence-electron chi connectivity index (χ0n) is 11.3. The van der Waals surface area contributed by atoms with Gasteiger partial charge >= 0.3 is 0 Å².